The van der Waals surface area contributed by atoms with E-state index in [0.29, 0.717) is 52.3 Å². The summed E-state index contributed by atoms with van der Waals surface area (Å²) < 4.78 is 25.9. The number of aliphatic carboxylic acids is 1. The molecule has 0 spiro atoms. The van der Waals surface area contributed by atoms with Crippen LogP contribution in [0.4, 0.5) is 0 Å². The van der Waals surface area contributed by atoms with Crippen molar-refractivity contribution in [1.29, 1.82) is 0 Å². The minimum absolute atomic E-state index is 0.0635. The molecule has 1 N–H and O–H groups in total. The summed E-state index contributed by atoms with van der Waals surface area (Å²) in [5.41, 5.74) is 0. The van der Waals surface area contributed by atoms with Crippen molar-refractivity contribution in [1.82, 2.24) is 0 Å². The lowest BCUT2D eigenvalue weighted by Gasteiger charge is -2.08. The number of rotatable bonds is 21. The molecule has 0 saturated carbocycles. The minimum Gasteiger partial charge on any atom is -0.481 e. The first-order valence-electron chi connectivity index (χ1n) is 10.3. The zero-order valence-electron chi connectivity index (χ0n) is 17.5. The van der Waals surface area contributed by atoms with Gasteiger partial charge in [0.1, 0.15) is 13.2 Å². The molecule has 0 unspecified atom stereocenters. The Morgan fingerprint density at radius 2 is 0.966 bits per heavy atom. The summed E-state index contributed by atoms with van der Waals surface area (Å²) in [4.78, 5) is 33.1. The fourth-order valence-corrected chi connectivity index (χ4v) is 2.18. The summed E-state index contributed by atoms with van der Waals surface area (Å²) in [6, 6.07) is 0. The van der Waals surface area contributed by atoms with E-state index >= 15 is 0 Å². The highest BCUT2D eigenvalue weighted by molar-refractivity contribution is 5.70. The van der Waals surface area contributed by atoms with Crippen LogP contribution in [0.15, 0.2) is 0 Å². The van der Waals surface area contributed by atoms with Crippen molar-refractivity contribution in [3.8, 4) is 0 Å². The first-order chi connectivity index (χ1) is 14.1. The molecule has 29 heavy (non-hydrogen) atoms. The zero-order valence-corrected chi connectivity index (χ0v) is 17.5. The molecule has 0 aromatic rings. The van der Waals surface area contributed by atoms with E-state index in [1.807, 2.05) is 0 Å². The third-order valence-corrected chi connectivity index (χ3v) is 3.73. The largest absolute Gasteiger partial charge is 0.481 e. The van der Waals surface area contributed by atoms with E-state index < -0.39 is 5.97 Å². The molecule has 9 heteroatoms. The summed E-state index contributed by atoms with van der Waals surface area (Å²) >= 11 is 0. The van der Waals surface area contributed by atoms with Crippen LogP contribution in [0.2, 0.25) is 0 Å². The molecule has 0 aliphatic heterocycles. The van der Waals surface area contributed by atoms with Gasteiger partial charge in [0.05, 0.1) is 39.6 Å². The van der Waals surface area contributed by atoms with Crippen LogP contribution in [0, 0.1) is 0 Å². The molecule has 0 atom stereocenters. The van der Waals surface area contributed by atoms with Crippen molar-refractivity contribution in [2.24, 2.45) is 0 Å². The Balaban J connectivity index is 3.21. The molecule has 0 aliphatic carbocycles. The highest BCUT2D eigenvalue weighted by Crippen LogP contribution is 2.01. The van der Waals surface area contributed by atoms with Crippen LogP contribution < -0.4 is 0 Å². The number of esters is 2. The Morgan fingerprint density at radius 3 is 1.38 bits per heavy atom. The highest BCUT2D eigenvalue weighted by atomic mass is 16.6. The van der Waals surface area contributed by atoms with Gasteiger partial charge in [0.2, 0.25) is 0 Å². The first-order valence-corrected chi connectivity index (χ1v) is 10.3. The first kappa shape index (κ1) is 27.3. The molecule has 0 radical (unpaired) electrons. The molecule has 0 saturated heterocycles. The smallest absolute Gasteiger partial charge is 0.305 e. The number of carboxylic acid groups (broad SMARTS) is 1. The van der Waals surface area contributed by atoms with Gasteiger partial charge in [-0.05, 0) is 19.3 Å². The van der Waals surface area contributed by atoms with Crippen molar-refractivity contribution >= 4 is 17.9 Å². The van der Waals surface area contributed by atoms with Crippen molar-refractivity contribution in [3.05, 3.63) is 0 Å². The van der Waals surface area contributed by atoms with Gasteiger partial charge in [-0.25, -0.2) is 0 Å². The van der Waals surface area contributed by atoms with Crippen LogP contribution in [0.3, 0.4) is 0 Å². The molecule has 0 aromatic heterocycles. The molecule has 0 fully saturated rings. The summed E-state index contributed by atoms with van der Waals surface area (Å²) in [6.45, 7) is 4.74. The van der Waals surface area contributed by atoms with Crippen LogP contribution in [0.5, 0.6) is 0 Å². The van der Waals surface area contributed by atoms with Gasteiger partial charge in [-0.3, -0.25) is 14.4 Å². The maximum absolute atomic E-state index is 11.4. The highest BCUT2D eigenvalue weighted by Gasteiger charge is 2.04. The normalized spacial score (nSPS) is 10.7. The minimum atomic E-state index is -0.862. The third kappa shape index (κ3) is 22.4. The Labute approximate surface area is 173 Å². The predicted molar refractivity (Wildman–Crippen MR) is 105 cm³/mol. The topological polar surface area (TPSA) is 118 Å². The Kier molecular flexibility index (Phi) is 19.8. The Hall–Kier alpha value is -1.71. The van der Waals surface area contributed by atoms with Gasteiger partial charge in [-0.1, -0.05) is 19.8 Å². The summed E-state index contributed by atoms with van der Waals surface area (Å²) in [5, 5.41) is 8.49. The average molecular weight is 420 g/mol. The van der Waals surface area contributed by atoms with E-state index in [1.165, 1.54) is 0 Å². The third-order valence-electron chi connectivity index (χ3n) is 3.73. The molecule has 170 valence electrons. The lowest BCUT2D eigenvalue weighted by Crippen LogP contribution is -2.15. The predicted octanol–water partition coefficient (Wildman–Crippen LogP) is 2.35. The van der Waals surface area contributed by atoms with Crippen molar-refractivity contribution in [3.63, 3.8) is 0 Å². The lowest BCUT2D eigenvalue weighted by atomic mass is 10.2. The Morgan fingerprint density at radius 1 is 0.586 bits per heavy atom. The molecule has 0 heterocycles. The second-order valence-electron chi connectivity index (χ2n) is 6.34. The van der Waals surface area contributed by atoms with Gasteiger partial charge >= 0.3 is 17.9 Å². The Bertz CT molecular complexity index is 426. The van der Waals surface area contributed by atoms with E-state index in [4.69, 9.17) is 28.8 Å². The summed E-state index contributed by atoms with van der Waals surface area (Å²) in [7, 11) is 0. The standard InChI is InChI=1S/C20H36O9/c1-2-3-4-8-19(23)28-16-14-26-12-10-25-11-13-27-15-17-29-20(24)9-6-5-7-18(21)22/h2-17H2,1H3,(H,21,22). The van der Waals surface area contributed by atoms with E-state index in [1.54, 1.807) is 0 Å². The van der Waals surface area contributed by atoms with E-state index in [9.17, 15) is 14.4 Å². The maximum atomic E-state index is 11.4. The van der Waals surface area contributed by atoms with Crippen LogP contribution in [-0.2, 0) is 38.1 Å². The molecule has 0 amide bonds. The second-order valence-corrected chi connectivity index (χ2v) is 6.34. The molecular formula is C20H36O9. The fraction of sp³-hybridized carbons (Fsp3) is 0.850. The van der Waals surface area contributed by atoms with E-state index in [-0.39, 0.29) is 44.6 Å². The van der Waals surface area contributed by atoms with Gasteiger partial charge in [0, 0.05) is 19.3 Å². The molecule has 0 aliphatic rings. The second kappa shape index (κ2) is 21.0. The van der Waals surface area contributed by atoms with Crippen molar-refractivity contribution in [2.45, 2.75) is 58.3 Å². The van der Waals surface area contributed by atoms with Gasteiger partial charge in [-0.2, -0.15) is 0 Å². The van der Waals surface area contributed by atoms with E-state index in [2.05, 4.69) is 6.92 Å². The molecular weight excluding hydrogens is 384 g/mol. The van der Waals surface area contributed by atoms with Gasteiger partial charge in [0.25, 0.3) is 0 Å². The monoisotopic (exact) mass is 420 g/mol. The van der Waals surface area contributed by atoms with Crippen LogP contribution >= 0.6 is 0 Å². The maximum Gasteiger partial charge on any atom is 0.305 e. The van der Waals surface area contributed by atoms with Crippen LogP contribution in [-0.4, -0.2) is 75.9 Å². The average Bonchev–Trinajstić information content (AvgIpc) is 2.69. The SMILES string of the molecule is CCCCCC(=O)OCCOCCOCCOCCOC(=O)CCCCC(=O)O. The van der Waals surface area contributed by atoms with Crippen LogP contribution in [0.1, 0.15) is 58.3 Å². The van der Waals surface area contributed by atoms with Gasteiger partial charge < -0.3 is 28.8 Å². The zero-order chi connectivity index (χ0) is 21.6. The van der Waals surface area contributed by atoms with Crippen LogP contribution in [0.25, 0.3) is 0 Å². The fourth-order valence-electron chi connectivity index (χ4n) is 2.18. The van der Waals surface area contributed by atoms with E-state index in [0.717, 1.165) is 19.3 Å². The van der Waals surface area contributed by atoms with Crippen molar-refractivity contribution < 1.29 is 43.2 Å². The van der Waals surface area contributed by atoms with Gasteiger partial charge in [0.15, 0.2) is 0 Å². The number of unbranched alkanes of at least 4 members (excludes halogenated alkanes) is 3. The van der Waals surface area contributed by atoms with Gasteiger partial charge in [-0.15, -0.1) is 0 Å². The summed E-state index contributed by atoms with van der Waals surface area (Å²) in [6.07, 6.45) is 4.68. The molecule has 9 nitrogen and oxygen atoms in total. The number of ether oxygens (including phenoxy) is 5. The number of carbonyl (C=O) groups excluding carboxylic acids is 2. The molecule has 0 aromatic carbocycles. The number of hydrogen-bond acceptors (Lipinski definition) is 8. The molecule has 0 rings (SSSR count). The number of carbonyl (C=O) groups is 3. The lowest BCUT2D eigenvalue weighted by molar-refractivity contribution is -0.146. The number of hydrogen-bond donors (Lipinski definition) is 1. The summed E-state index contributed by atoms with van der Waals surface area (Å²) in [5.74, 6) is -1.39. The van der Waals surface area contributed by atoms with Crippen molar-refractivity contribution in [2.75, 3.05) is 52.9 Å². The quantitative estimate of drug-likeness (QED) is 0.220. The molecule has 0 bridgehead atoms. The number of carboxylic acids is 1.